The van der Waals surface area contributed by atoms with Crippen molar-refractivity contribution < 1.29 is 4.74 Å². The number of hydrogen-bond acceptors (Lipinski definition) is 4. The standard InChI is InChI=1S/C11H9ClN2OS/c1-15-9-2-4-10(5-3-9)16-11-13-6-8(12)7-14-11/h2-7H,1H3. The molecule has 0 saturated heterocycles. The van der Waals surface area contributed by atoms with Crippen molar-refractivity contribution in [1.29, 1.82) is 0 Å². The molecule has 0 unspecified atom stereocenters. The predicted octanol–water partition coefficient (Wildman–Crippen LogP) is 3.29. The number of hydrogen-bond donors (Lipinski definition) is 0. The summed E-state index contributed by atoms with van der Waals surface area (Å²) in [6.45, 7) is 0. The van der Waals surface area contributed by atoms with Crippen LogP contribution in [-0.4, -0.2) is 17.1 Å². The third-order valence-corrected chi connectivity index (χ3v) is 2.96. The zero-order valence-corrected chi connectivity index (χ0v) is 10.1. The number of ether oxygens (including phenoxy) is 1. The molecule has 5 heteroatoms. The molecular weight excluding hydrogens is 244 g/mol. The lowest BCUT2D eigenvalue weighted by molar-refractivity contribution is 0.414. The van der Waals surface area contributed by atoms with Crippen molar-refractivity contribution in [1.82, 2.24) is 9.97 Å². The molecule has 0 fully saturated rings. The smallest absolute Gasteiger partial charge is 0.192 e. The molecule has 2 aromatic rings. The van der Waals surface area contributed by atoms with Crippen LogP contribution in [0.5, 0.6) is 5.75 Å². The van der Waals surface area contributed by atoms with Crippen LogP contribution in [0, 0.1) is 0 Å². The van der Waals surface area contributed by atoms with E-state index in [0.717, 1.165) is 10.6 Å². The molecule has 3 nitrogen and oxygen atoms in total. The van der Waals surface area contributed by atoms with E-state index in [2.05, 4.69) is 9.97 Å². The maximum Gasteiger partial charge on any atom is 0.192 e. The average Bonchev–Trinajstić information content (AvgIpc) is 2.33. The first-order valence-electron chi connectivity index (χ1n) is 4.57. The van der Waals surface area contributed by atoms with E-state index in [4.69, 9.17) is 16.3 Å². The summed E-state index contributed by atoms with van der Waals surface area (Å²) in [7, 11) is 1.64. The second kappa shape index (κ2) is 5.18. The molecule has 0 saturated carbocycles. The van der Waals surface area contributed by atoms with Crippen LogP contribution in [0.4, 0.5) is 0 Å². The zero-order valence-electron chi connectivity index (χ0n) is 8.55. The second-order valence-corrected chi connectivity index (χ2v) is 4.44. The summed E-state index contributed by atoms with van der Waals surface area (Å²) in [5, 5.41) is 1.22. The van der Waals surface area contributed by atoms with Gasteiger partial charge in [-0.3, -0.25) is 0 Å². The van der Waals surface area contributed by atoms with Crippen molar-refractivity contribution in [2.24, 2.45) is 0 Å². The number of halogens is 1. The minimum atomic E-state index is 0.541. The lowest BCUT2D eigenvalue weighted by atomic mass is 10.3. The predicted molar refractivity (Wildman–Crippen MR) is 64.2 cm³/mol. The van der Waals surface area contributed by atoms with E-state index >= 15 is 0 Å². The molecule has 0 N–H and O–H groups in total. The topological polar surface area (TPSA) is 35.0 Å². The summed E-state index contributed by atoms with van der Waals surface area (Å²) in [5.41, 5.74) is 0. The zero-order chi connectivity index (χ0) is 11.4. The highest BCUT2D eigenvalue weighted by Crippen LogP contribution is 2.26. The third kappa shape index (κ3) is 2.87. The van der Waals surface area contributed by atoms with Gasteiger partial charge in [-0.15, -0.1) is 0 Å². The molecule has 0 aliphatic rings. The number of rotatable bonds is 3. The Morgan fingerprint density at radius 2 is 1.75 bits per heavy atom. The Morgan fingerprint density at radius 3 is 2.31 bits per heavy atom. The summed E-state index contributed by atoms with van der Waals surface area (Å²) in [4.78, 5) is 9.27. The Hall–Kier alpha value is -1.26. The Labute approximate surface area is 103 Å². The lowest BCUT2D eigenvalue weighted by Crippen LogP contribution is -1.85. The van der Waals surface area contributed by atoms with E-state index < -0.39 is 0 Å². The number of methoxy groups -OCH3 is 1. The first kappa shape index (κ1) is 11.2. The second-order valence-electron chi connectivity index (χ2n) is 2.96. The van der Waals surface area contributed by atoms with E-state index in [1.165, 1.54) is 11.8 Å². The molecule has 1 aromatic carbocycles. The van der Waals surface area contributed by atoms with Gasteiger partial charge in [0, 0.05) is 4.90 Å². The van der Waals surface area contributed by atoms with E-state index in [1.54, 1.807) is 19.5 Å². The van der Waals surface area contributed by atoms with Gasteiger partial charge in [0.25, 0.3) is 0 Å². The van der Waals surface area contributed by atoms with E-state index in [0.29, 0.717) is 10.2 Å². The van der Waals surface area contributed by atoms with Crippen molar-refractivity contribution in [2.45, 2.75) is 10.1 Å². The van der Waals surface area contributed by atoms with Gasteiger partial charge in [-0.05, 0) is 36.0 Å². The first-order valence-corrected chi connectivity index (χ1v) is 5.77. The highest BCUT2D eigenvalue weighted by atomic mass is 35.5. The van der Waals surface area contributed by atoms with E-state index in [9.17, 15) is 0 Å². The van der Waals surface area contributed by atoms with Gasteiger partial charge in [-0.2, -0.15) is 0 Å². The largest absolute Gasteiger partial charge is 0.497 e. The van der Waals surface area contributed by atoms with Gasteiger partial charge in [-0.1, -0.05) is 11.6 Å². The fourth-order valence-electron chi connectivity index (χ4n) is 1.10. The fraction of sp³-hybridized carbons (Fsp3) is 0.0909. The highest BCUT2D eigenvalue weighted by Gasteiger charge is 2.00. The normalized spacial score (nSPS) is 10.1. The molecule has 2 rings (SSSR count). The first-order chi connectivity index (χ1) is 7.78. The summed E-state index contributed by atoms with van der Waals surface area (Å²) in [6.07, 6.45) is 3.17. The van der Waals surface area contributed by atoms with Crippen LogP contribution >= 0.6 is 23.4 Å². The minimum absolute atomic E-state index is 0.541. The van der Waals surface area contributed by atoms with E-state index in [1.807, 2.05) is 24.3 Å². The number of benzene rings is 1. The molecule has 1 aromatic heterocycles. The van der Waals surface area contributed by atoms with Crippen molar-refractivity contribution in [3.8, 4) is 5.75 Å². The molecule has 0 aliphatic carbocycles. The molecular formula is C11H9ClN2OS. The van der Waals surface area contributed by atoms with Gasteiger partial charge < -0.3 is 4.74 Å². The quantitative estimate of drug-likeness (QED) is 0.786. The molecule has 0 bridgehead atoms. The molecule has 0 radical (unpaired) electrons. The maximum absolute atomic E-state index is 5.70. The van der Waals surface area contributed by atoms with Crippen LogP contribution < -0.4 is 4.74 Å². The van der Waals surface area contributed by atoms with Crippen LogP contribution in [0.1, 0.15) is 0 Å². The number of aromatic nitrogens is 2. The van der Waals surface area contributed by atoms with Gasteiger partial charge in [0.2, 0.25) is 0 Å². The van der Waals surface area contributed by atoms with E-state index in [-0.39, 0.29) is 0 Å². The van der Waals surface area contributed by atoms with Gasteiger partial charge in [-0.25, -0.2) is 9.97 Å². The van der Waals surface area contributed by atoms with Gasteiger partial charge in [0.1, 0.15) is 5.75 Å². The van der Waals surface area contributed by atoms with Crippen molar-refractivity contribution in [2.75, 3.05) is 7.11 Å². The van der Waals surface area contributed by atoms with Gasteiger partial charge >= 0.3 is 0 Å². The Balaban J connectivity index is 2.11. The summed E-state index contributed by atoms with van der Waals surface area (Å²) >= 11 is 7.18. The Bertz CT molecular complexity index is 458. The van der Waals surface area contributed by atoms with Crippen LogP contribution in [0.25, 0.3) is 0 Å². The monoisotopic (exact) mass is 252 g/mol. The summed E-state index contributed by atoms with van der Waals surface area (Å²) in [5.74, 6) is 0.835. The van der Waals surface area contributed by atoms with Crippen molar-refractivity contribution in [3.05, 3.63) is 41.7 Å². The molecule has 0 aliphatic heterocycles. The van der Waals surface area contributed by atoms with Crippen LogP contribution in [0.3, 0.4) is 0 Å². The lowest BCUT2D eigenvalue weighted by Gasteiger charge is -2.02. The SMILES string of the molecule is COc1ccc(Sc2ncc(Cl)cn2)cc1. The summed E-state index contributed by atoms with van der Waals surface area (Å²) in [6, 6.07) is 7.72. The van der Waals surface area contributed by atoms with Crippen LogP contribution in [0.15, 0.2) is 46.7 Å². The average molecular weight is 253 g/mol. The molecule has 0 amide bonds. The number of nitrogens with zero attached hydrogens (tertiary/aromatic N) is 2. The third-order valence-electron chi connectivity index (χ3n) is 1.87. The summed E-state index contributed by atoms with van der Waals surface area (Å²) < 4.78 is 5.08. The Kier molecular flexibility index (Phi) is 3.64. The minimum Gasteiger partial charge on any atom is -0.497 e. The van der Waals surface area contributed by atoms with Crippen LogP contribution in [-0.2, 0) is 0 Å². The van der Waals surface area contributed by atoms with Crippen LogP contribution in [0.2, 0.25) is 5.02 Å². The molecule has 16 heavy (non-hydrogen) atoms. The van der Waals surface area contributed by atoms with Crippen molar-refractivity contribution in [3.63, 3.8) is 0 Å². The molecule has 1 heterocycles. The van der Waals surface area contributed by atoms with Gasteiger partial charge in [0.05, 0.1) is 24.5 Å². The molecule has 82 valence electrons. The fourth-order valence-corrected chi connectivity index (χ4v) is 1.89. The maximum atomic E-state index is 5.70. The Morgan fingerprint density at radius 1 is 1.12 bits per heavy atom. The molecule has 0 atom stereocenters. The van der Waals surface area contributed by atoms with Crippen molar-refractivity contribution >= 4 is 23.4 Å². The highest BCUT2D eigenvalue weighted by molar-refractivity contribution is 7.99. The van der Waals surface area contributed by atoms with Gasteiger partial charge in [0.15, 0.2) is 5.16 Å². The molecule has 0 spiro atoms.